The van der Waals surface area contributed by atoms with Crippen molar-refractivity contribution in [2.24, 2.45) is 0 Å². The monoisotopic (exact) mass is 429 g/mol. The molecule has 1 aliphatic heterocycles. The van der Waals surface area contributed by atoms with Crippen LogP contribution in [0.25, 0.3) is 0 Å². The zero-order valence-corrected chi connectivity index (χ0v) is 18.7. The number of hydrogen-bond donors (Lipinski definition) is 0. The van der Waals surface area contributed by atoms with Crippen molar-refractivity contribution in [1.29, 1.82) is 0 Å². The third-order valence-electron chi connectivity index (χ3n) is 5.53. The highest BCUT2D eigenvalue weighted by atomic mass is 32.2. The van der Waals surface area contributed by atoms with Crippen molar-refractivity contribution in [3.63, 3.8) is 0 Å². The van der Waals surface area contributed by atoms with Gasteiger partial charge < -0.3 is 0 Å². The van der Waals surface area contributed by atoms with Gasteiger partial charge in [-0.2, -0.15) is 0 Å². The van der Waals surface area contributed by atoms with E-state index in [1.54, 1.807) is 11.8 Å². The average molecular weight is 430 g/mol. The Labute approximate surface area is 177 Å². The van der Waals surface area contributed by atoms with E-state index in [1.165, 1.54) is 41.0 Å². The molecule has 4 rings (SSSR count). The van der Waals surface area contributed by atoms with Crippen molar-refractivity contribution in [2.75, 3.05) is 19.3 Å². The molecule has 2 aliphatic rings. The van der Waals surface area contributed by atoms with E-state index in [1.807, 2.05) is 11.8 Å². The average Bonchev–Trinajstić information content (AvgIpc) is 2.70. The van der Waals surface area contributed by atoms with Gasteiger partial charge in [-0.1, -0.05) is 29.5 Å². The Morgan fingerprint density at radius 3 is 2.62 bits per heavy atom. The lowest BCUT2D eigenvalue weighted by Crippen LogP contribution is -2.33. The minimum absolute atomic E-state index is 0.0588. The lowest BCUT2D eigenvalue weighted by Gasteiger charge is -2.31. The molecule has 2 heterocycles. The predicted octanol–water partition coefficient (Wildman–Crippen LogP) is 4.17. The Bertz CT molecular complexity index is 1030. The summed E-state index contributed by atoms with van der Waals surface area (Å²) in [7, 11) is -3.36. The normalized spacial score (nSPS) is 18.0. The third kappa shape index (κ3) is 5.08. The maximum absolute atomic E-state index is 11.7. The van der Waals surface area contributed by atoms with Gasteiger partial charge in [0.1, 0.15) is 0 Å². The number of allylic oxidation sites excluding steroid dienone is 1. The van der Waals surface area contributed by atoms with Gasteiger partial charge in [0.25, 0.3) is 0 Å². The number of nitrogens with zero attached hydrogens (tertiary/aromatic N) is 3. The van der Waals surface area contributed by atoms with Crippen molar-refractivity contribution < 1.29 is 8.42 Å². The maximum Gasteiger partial charge on any atom is 0.246 e. The van der Waals surface area contributed by atoms with Crippen LogP contribution in [0.1, 0.15) is 42.5 Å². The molecule has 0 N–H and O–H groups in total. The fourth-order valence-electron chi connectivity index (χ4n) is 3.92. The predicted molar refractivity (Wildman–Crippen MR) is 117 cm³/mol. The van der Waals surface area contributed by atoms with Gasteiger partial charge in [0.2, 0.25) is 15.0 Å². The van der Waals surface area contributed by atoms with Crippen LogP contribution in [0.4, 0.5) is 0 Å². The van der Waals surface area contributed by atoms with Crippen LogP contribution in [0, 0.1) is 6.92 Å². The standard InChI is InChI=1S/C22H27N3O2S2/c1-16-7-9-19(10-8-16)28-21-6-4-3-5-17(21)14-25-12-11-20-18(15-25)13-23-22(24-20)29(2,26)27/h7-10,13H,3-6,11-12,14-15H2,1-2H3. The van der Waals surface area contributed by atoms with Crippen LogP contribution in [0.3, 0.4) is 0 Å². The van der Waals surface area contributed by atoms with Gasteiger partial charge in [0.05, 0.1) is 5.69 Å². The number of benzene rings is 1. The molecular formula is C22H27N3O2S2. The molecule has 1 aliphatic carbocycles. The molecule has 0 spiro atoms. The van der Waals surface area contributed by atoms with Gasteiger partial charge in [-0.25, -0.2) is 18.4 Å². The summed E-state index contributed by atoms with van der Waals surface area (Å²) in [4.78, 5) is 13.7. The summed E-state index contributed by atoms with van der Waals surface area (Å²) in [5, 5.41) is -0.0588. The molecule has 5 nitrogen and oxygen atoms in total. The second-order valence-electron chi connectivity index (χ2n) is 8.01. The molecule has 0 atom stereocenters. The first kappa shape index (κ1) is 20.6. The summed E-state index contributed by atoms with van der Waals surface area (Å²) in [5.41, 5.74) is 4.77. The van der Waals surface area contributed by atoms with Gasteiger partial charge >= 0.3 is 0 Å². The van der Waals surface area contributed by atoms with E-state index in [0.29, 0.717) is 0 Å². The number of aryl methyl sites for hydroxylation is 1. The Morgan fingerprint density at radius 2 is 1.86 bits per heavy atom. The van der Waals surface area contributed by atoms with Crippen LogP contribution in [-0.2, 0) is 22.8 Å². The van der Waals surface area contributed by atoms with Gasteiger partial charge in [-0.15, -0.1) is 0 Å². The van der Waals surface area contributed by atoms with Gasteiger partial charge in [-0.3, -0.25) is 4.90 Å². The fourth-order valence-corrected chi connectivity index (χ4v) is 5.55. The molecule has 7 heteroatoms. The zero-order valence-electron chi connectivity index (χ0n) is 17.0. The quantitative estimate of drug-likeness (QED) is 0.665. The lowest BCUT2D eigenvalue weighted by atomic mass is 9.98. The first-order chi connectivity index (χ1) is 13.9. The molecule has 29 heavy (non-hydrogen) atoms. The van der Waals surface area contributed by atoms with E-state index < -0.39 is 9.84 Å². The van der Waals surface area contributed by atoms with Gasteiger partial charge in [-0.05, 0) is 55.2 Å². The highest BCUT2D eigenvalue weighted by Gasteiger charge is 2.23. The van der Waals surface area contributed by atoms with Crippen LogP contribution < -0.4 is 0 Å². The van der Waals surface area contributed by atoms with Crippen molar-refractivity contribution in [3.8, 4) is 0 Å². The summed E-state index contributed by atoms with van der Waals surface area (Å²) < 4.78 is 23.4. The fraction of sp³-hybridized carbons (Fsp3) is 0.455. The molecule has 0 bridgehead atoms. The van der Waals surface area contributed by atoms with Crippen LogP contribution in [0.5, 0.6) is 0 Å². The summed E-state index contributed by atoms with van der Waals surface area (Å²) in [6, 6.07) is 8.79. The first-order valence-electron chi connectivity index (χ1n) is 10.1. The number of hydrogen-bond acceptors (Lipinski definition) is 6. The van der Waals surface area contributed by atoms with E-state index >= 15 is 0 Å². The number of sulfone groups is 1. The minimum atomic E-state index is -3.36. The summed E-state index contributed by atoms with van der Waals surface area (Å²) >= 11 is 1.92. The molecule has 1 aromatic carbocycles. The number of thioether (sulfide) groups is 1. The van der Waals surface area contributed by atoms with Crippen molar-refractivity contribution >= 4 is 21.6 Å². The van der Waals surface area contributed by atoms with E-state index in [4.69, 9.17) is 0 Å². The molecule has 0 saturated heterocycles. The Kier molecular flexibility index (Phi) is 6.08. The van der Waals surface area contributed by atoms with E-state index in [2.05, 4.69) is 46.1 Å². The molecule has 0 amide bonds. The first-order valence-corrected chi connectivity index (χ1v) is 12.8. The molecule has 2 aromatic rings. The van der Waals surface area contributed by atoms with Gasteiger partial charge in [0, 0.05) is 49.0 Å². The third-order valence-corrected chi connectivity index (χ3v) is 7.63. The topological polar surface area (TPSA) is 63.2 Å². The Morgan fingerprint density at radius 1 is 1.10 bits per heavy atom. The maximum atomic E-state index is 11.7. The number of rotatable bonds is 5. The molecular weight excluding hydrogens is 402 g/mol. The molecule has 0 fully saturated rings. The number of aromatic nitrogens is 2. The smallest absolute Gasteiger partial charge is 0.246 e. The molecule has 1 aromatic heterocycles. The van der Waals surface area contributed by atoms with Crippen molar-refractivity contribution in [3.05, 3.63) is 57.8 Å². The van der Waals surface area contributed by atoms with E-state index in [-0.39, 0.29) is 5.16 Å². The van der Waals surface area contributed by atoms with E-state index in [0.717, 1.165) is 43.6 Å². The van der Waals surface area contributed by atoms with Crippen molar-refractivity contribution in [1.82, 2.24) is 14.9 Å². The molecule has 0 saturated carbocycles. The molecule has 0 unspecified atom stereocenters. The van der Waals surface area contributed by atoms with Crippen LogP contribution in [-0.4, -0.2) is 42.6 Å². The van der Waals surface area contributed by atoms with Crippen molar-refractivity contribution in [2.45, 2.75) is 55.6 Å². The Balaban J connectivity index is 1.49. The minimum Gasteiger partial charge on any atom is -0.295 e. The highest BCUT2D eigenvalue weighted by molar-refractivity contribution is 8.03. The summed E-state index contributed by atoms with van der Waals surface area (Å²) in [5.74, 6) is 0. The molecule has 154 valence electrons. The van der Waals surface area contributed by atoms with Crippen LogP contribution in [0.2, 0.25) is 0 Å². The second-order valence-corrected chi connectivity index (χ2v) is 11.1. The van der Waals surface area contributed by atoms with Crippen LogP contribution in [0.15, 0.2) is 51.0 Å². The van der Waals surface area contributed by atoms with Crippen LogP contribution >= 0.6 is 11.8 Å². The zero-order chi connectivity index (χ0) is 20.4. The highest BCUT2D eigenvalue weighted by Crippen LogP contribution is 2.38. The summed E-state index contributed by atoms with van der Waals surface area (Å²) in [6.45, 7) is 4.78. The SMILES string of the molecule is Cc1ccc(SC2=C(CN3CCc4nc(S(C)(=O)=O)ncc4C3)CCCC2)cc1. The Hall–Kier alpha value is -1.70. The van der Waals surface area contributed by atoms with E-state index in [9.17, 15) is 8.42 Å². The summed E-state index contributed by atoms with van der Waals surface area (Å²) in [6.07, 6.45) is 8.49. The largest absolute Gasteiger partial charge is 0.295 e. The second kappa shape index (κ2) is 8.58. The number of fused-ring (bicyclic) bond motifs is 1. The lowest BCUT2D eigenvalue weighted by molar-refractivity contribution is 0.267. The molecule has 0 radical (unpaired) electrons. The van der Waals surface area contributed by atoms with Gasteiger partial charge in [0.15, 0.2) is 0 Å².